The summed E-state index contributed by atoms with van der Waals surface area (Å²) in [6.07, 6.45) is 2.72. The number of Topliss-reactive ketones (excluding diaryl/α,β-unsaturated/α-hetero) is 1. The van der Waals surface area contributed by atoms with Gasteiger partial charge in [-0.15, -0.1) is 0 Å². The molecule has 10 heteroatoms. The number of cyclic esters (lactones) is 1. The van der Waals surface area contributed by atoms with Crippen LogP contribution >= 0.6 is 0 Å². The molecule has 0 aromatic rings. The fraction of sp³-hybridized carbons (Fsp3) is 0.828. The smallest absolute Gasteiger partial charge is 0.331 e. The number of aliphatic hydroxyl groups is 3. The summed E-state index contributed by atoms with van der Waals surface area (Å²) in [5.74, 6) is -3.86. The van der Waals surface area contributed by atoms with Crippen LogP contribution in [-0.4, -0.2) is 82.1 Å². The average molecular weight is 547 g/mol. The molecule has 0 amide bonds. The van der Waals surface area contributed by atoms with Gasteiger partial charge in [-0.2, -0.15) is 0 Å². The van der Waals surface area contributed by atoms with Gasteiger partial charge in [-0.05, 0) is 68.8 Å². The highest BCUT2D eigenvalue weighted by molar-refractivity contribution is 5.87. The van der Waals surface area contributed by atoms with Crippen LogP contribution in [0.1, 0.15) is 65.2 Å². The van der Waals surface area contributed by atoms with Crippen molar-refractivity contribution in [3.8, 4) is 0 Å². The molecule has 0 spiro atoms. The Kier molecular flexibility index (Phi) is 5.66. The second kappa shape index (κ2) is 8.42. The lowest BCUT2D eigenvalue weighted by molar-refractivity contribution is -0.413. The van der Waals surface area contributed by atoms with Gasteiger partial charge in [0, 0.05) is 35.7 Å². The number of carbonyl (C=O) groups is 3. The van der Waals surface area contributed by atoms with Gasteiger partial charge in [0.2, 0.25) is 6.29 Å². The number of hydrogen-bond acceptors (Lipinski definition) is 10. The van der Waals surface area contributed by atoms with Crippen LogP contribution < -0.4 is 0 Å². The molecule has 6 fully saturated rings. The zero-order valence-corrected chi connectivity index (χ0v) is 22.4. The normalized spacial score (nSPS) is 56.3. The summed E-state index contributed by atoms with van der Waals surface area (Å²) in [6.45, 7) is 3.90. The van der Waals surface area contributed by atoms with Crippen LogP contribution in [0.15, 0.2) is 11.6 Å². The van der Waals surface area contributed by atoms with E-state index in [1.54, 1.807) is 6.92 Å². The SMILES string of the molecule is C[C@@H]1CC(=O)[C@]2(O)O[C@@H]3C[C@@]4(C=O)[C@@H](CC[C@@H]5[C@@H]4CC[C@]4(C)[C@@H](C6=CC(=O)OC6)[C@H](O)C[C@]54O)C[C@H]3O[C@@H]2O1. The fourth-order valence-corrected chi connectivity index (χ4v) is 10.1. The highest BCUT2D eigenvalue weighted by atomic mass is 16.8. The van der Waals surface area contributed by atoms with Crippen LogP contribution in [0.5, 0.6) is 0 Å². The first-order valence-corrected chi connectivity index (χ1v) is 14.4. The number of ketones is 1. The van der Waals surface area contributed by atoms with Crippen molar-refractivity contribution in [2.75, 3.05) is 6.61 Å². The lowest BCUT2D eigenvalue weighted by Gasteiger charge is -2.64. The molecular formula is C29H38O10. The number of rotatable bonds is 2. The van der Waals surface area contributed by atoms with Crippen LogP contribution in [0.4, 0.5) is 0 Å². The predicted molar refractivity (Wildman–Crippen MR) is 132 cm³/mol. The van der Waals surface area contributed by atoms with Gasteiger partial charge in [0.05, 0.1) is 30.0 Å². The number of fused-ring (bicyclic) bond motifs is 7. The Morgan fingerprint density at radius 3 is 2.56 bits per heavy atom. The molecule has 39 heavy (non-hydrogen) atoms. The largest absolute Gasteiger partial charge is 0.458 e. The first kappa shape index (κ1) is 26.2. The lowest BCUT2D eigenvalue weighted by atomic mass is 9.42. The topological polar surface area (TPSA) is 149 Å². The molecule has 3 N–H and O–H groups in total. The van der Waals surface area contributed by atoms with E-state index in [0.29, 0.717) is 32.1 Å². The minimum Gasteiger partial charge on any atom is -0.458 e. The molecule has 214 valence electrons. The van der Waals surface area contributed by atoms with Gasteiger partial charge in [-0.25, -0.2) is 4.79 Å². The third kappa shape index (κ3) is 3.33. The molecule has 0 unspecified atom stereocenters. The fourth-order valence-electron chi connectivity index (χ4n) is 10.1. The Morgan fingerprint density at radius 2 is 1.85 bits per heavy atom. The quantitative estimate of drug-likeness (QED) is 0.262. The first-order chi connectivity index (χ1) is 18.4. The summed E-state index contributed by atoms with van der Waals surface area (Å²) in [4.78, 5) is 37.8. The molecule has 0 aromatic heterocycles. The molecule has 0 bridgehead atoms. The lowest BCUT2D eigenvalue weighted by Crippen LogP contribution is -2.70. The molecule has 3 aliphatic heterocycles. The zero-order valence-electron chi connectivity index (χ0n) is 22.4. The van der Waals surface area contributed by atoms with E-state index in [0.717, 1.165) is 11.9 Å². The molecule has 2 saturated heterocycles. The molecule has 4 saturated carbocycles. The van der Waals surface area contributed by atoms with Crippen LogP contribution in [0, 0.1) is 34.5 Å². The molecule has 0 aromatic carbocycles. The summed E-state index contributed by atoms with van der Waals surface area (Å²) >= 11 is 0. The molecule has 10 nitrogen and oxygen atoms in total. The minimum absolute atomic E-state index is 0.00245. The van der Waals surface area contributed by atoms with E-state index in [-0.39, 0.29) is 49.7 Å². The predicted octanol–water partition coefficient (Wildman–Crippen LogP) is 1.18. The van der Waals surface area contributed by atoms with E-state index in [4.69, 9.17) is 18.9 Å². The highest BCUT2D eigenvalue weighted by Gasteiger charge is 2.72. The number of hydrogen-bond donors (Lipinski definition) is 3. The van der Waals surface area contributed by atoms with E-state index in [2.05, 4.69) is 0 Å². The molecule has 7 aliphatic rings. The maximum absolute atomic E-state index is 13.1. The first-order valence-electron chi connectivity index (χ1n) is 14.4. The Morgan fingerprint density at radius 1 is 1.05 bits per heavy atom. The van der Waals surface area contributed by atoms with Crippen molar-refractivity contribution in [1.82, 2.24) is 0 Å². The van der Waals surface area contributed by atoms with Crippen molar-refractivity contribution < 1.29 is 48.7 Å². The van der Waals surface area contributed by atoms with Gasteiger partial charge < -0.3 is 39.1 Å². The van der Waals surface area contributed by atoms with E-state index >= 15 is 0 Å². The molecule has 13 atom stereocenters. The molecule has 7 rings (SSSR count). The summed E-state index contributed by atoms with van der Waals surface area (Å²) in [6, 6.07) is 0. The molecule has 0 radical (unpaired) electrons. The van der Waals surface area contributed by atoms with Crippen molar-refractivity contribution in [3.05, 3.63) is 11.6 Å². The monoisotopic (exact) mass is 546 g/mol. The van der Waals surface area contributed by atoms with Crippen LogP contribution in [0.3, 0.4) is 0 Å². The van der Waals surface area contributed by atoms with Gasteiger partial charge in [-0.3, -0.25) is 4.79 Å². The maximum atomic E-state index is 13.1. The molecular weight excluding hydrogens is 508 g/mol. The number of ether oxygens (including phenoxy) is 4. The minimum atomic E-state index is -2.20. The van der Waals surface area contributed by atoms with Gasteiger partial charge in [-0.1, -0.05) is 6.92 Å². The highest BCUT2D eigenvalue weighted by Crippen LogP contribution is 2.70. The van der Waals surface area contributed by atoms with Crippen molar-refractivity contribution in [2.24, 2.45) is 34.5 Å². The summed E-state index contributed by atoms with van der Waals surface area (Å²) in [7, 11) is 0. The van der Waals surface area contributed by atoms with Gasteiger partial charge in [0.1, 0.15) is 12.9 Å². The Bertz CT molecular complexity index is 1140. The Balaban J connectivity index is 1.20. The third-order valence-corrected chi connectivity index (χ3v) is 11.9. The van der Waals surface area contributed by atoms with Crippen molar-refractivity contribution in [1.29, 1.82) is 0 Å². The second-order valence-electron chi connectivity index (χ2n) is 13.5. The number of aldehydes is 1. The Hall–Kier alpha value is -1.69. The standard InChI is InChI=1S/C29H38O10/c1-14-7-22(32)29(35)25(37-14)38-20-9-16-3-4-18-17(27(16,13-30)11-21(20)39-29)5-6-26(2)24(15-8-23(33)36-12-15)19(31)10-28(18,26)34/h8,13-14,16-21,24-25,31,34-35H,3-7,9-12H2,1-2H3/t14-,16+,17+,18-,19-,20-,21-,24+,25+,26-,27-,28+,29+/m1/s1. The van der Waals surface area contributed by atoms with Gasteiger partial charge in [0.25, 0.3) is 5.79 Å². The molecule has 3 heterocycles. The van der Waals surface area contributed by atoms with Gasteiger partial charge >= 0.3 is 5.97 Å². The number of esters is 1. The van der Waals surface area contributed by atoms with E-state index in [1.807, 2.05) is 6.92 Å². The molecule has 4 aliphatic carbocycles. The maximum Gasteiger partial charge on any atom is 0.331 e. The van der Waals surface area contributed by atoms with Gasteiger partial charge in [0.15, 0.2) is 5.78 Å². The zero-order chi connectivity index (χ0) is 27.5. The number of carbonyl (C=O) groups excluding carboxylic acids is 3. The van der Waals surface area contributed by atoms with Crippen molar-refractivity contribution in [2.45, 2.75) is 107 Å². The average Bonchev–Trinajstić information content (AvgIpc) is 3.38. The summed E-state index contributed by atoms with van der Waals surface area (Å²) in [5.41, 5.74) is -1.97. The number of aliphatic hydroxyl groups excluding tert-OH is 1. The summed E-state index contributed by atoms with van der Waals surface area (Å²) in [5, 5.41) is 34.8. The van der Waals surface area contributed by atoms with Crippen molar-refractivity contribution in [3.63, 3.8) is 0 Å². The van der Waals surface area contributed by atoms with E-state index in [1.165, 1.54) is 6.08 Å². The third-order valence-electron chi connectivity index (χ3n) is 11.9. The van der Waals surface area contributed by atoms with Crippen LogP contribution in [0.25, 0.3) is 0 Å². The Labute approximate surface area is 227 Å². The van der Waals surface area contributed by atoms with E-state index < -0.39 is 64.5 Å². The summed E-state index contributed by atoms with van der Waals surface area (Å²) < 4.78 is 23.1. The van der Waals surface area contributed by atoms with Crippen molar-refractivity contribution >= 4 is 18.0 Å². The second-order valence-corrected chi connectivity index (χ2v) is 13.5. The van der Waals surface area contributed by atoms with Crippen LogP contribution in [-0.2, 0) is 33.3 Å². The van der Waals surface area contributed by atoms with E-state index in [9.17, 15) is 29.7 Å². The van der Waals surface area contributed by atoms with Crippen LogP contribution in [0.2, 0.25) is 0 Å².